The van der Waals surface area contributed by atoms with Crippen molar-refractivity contribution in [3.05, 3.63) is 25.3 Å². The van der Waals surface area contributed by atoms with Crippen LogP contribution in [0.25, 0.3) is 0 Å². The fourth-order valence-corrected chi connectivity index (χ4v) is 8.68. The summed E-state index contributed by atoms with van der Waals surface area (Å²) in [5, 5.41) is 9.32. The molecule has 3 fully saturated rings. The molecule has 3 rings (SSSR count). The van der Waals surface area contributed by atoms with Crippen LogP contribution < -0.4 is 0 Å². The summed E-state index contributed by atoms with van der Waals surface area (Å²) in [5.74, 6) is -1.82. The number of nitrogens with zero attached hydrogens (tertiary/aromatic N) is 3. The number of rotatable bonds is 15. The molecule has 3 amide bonds. The molecule has 1 N–H and O–H groups in total. The monoisotopic (exact) mass is 637 g/mol. The Balaban J connectivity index is 2.09. The summed E-state index contributed by atoms with van der Waals surface area (Å²) < 4.78 is 6.74. The Morgan fingerprint density at radius 1 is 1.12 bits per heavy atom. The molecular formula is C32H52BrN3O5. The van der Waals surface area contributed by atoms with Gasteiger partial charge in [-0.2, -0.15) is 0 Å². The van der Waals surface area contributed by atoms with Gasteiger partial charge >= 0.3 is 0 Å². The SMILES string of the molecule is C=CCN(CCC)C(=O)[C@H]1[C@@H]2OC3(CC2Br)C(C(=O)N(CC=C)C(C)(C)CC(C)(C)C)N(CCCCCO)C(=O)[C@H]13. The summed E-state index contributed by atoms with van der Waals surface area (Å²) in [6.07, 6.45) is 7.02. The maximum atomic E-state index is 14.8. The van der Waals surface area contributed by atoms with Crippen molar-refractivity contribution < 1.29 is 24.2 Å². The number of halogens is 1. The standard InChI is InChI=1S/C32H52BrN3O5/c1-9-15-34(16-10-2)27(38)23-24-28(39)35(18-13-12-14-19-37)26(32(24)20-22(33)25(23)41-32)29(40)36(17-11-3)31(7,8)21-30(4,5)6/h9,11,22-26,37H,1,3,10,12-21H2,2,4-8H3/t22?,23-,24+,25-,26?,32?/m1/s1. The fourth-order valence-electron chi connectivity index (χ4n) is 7.74. The number of carbonyl (C=O) groups is 3. The predicted octanol–water partition coefficient (Wildman–Crippen LogP) is 4.55. The first kappa shape index (κ1) is 33.8. The fraction of sp³-hybridized carbons (Fsp3) is 0.781. The van der Waals surface area contributed by atoms with Gasteiger partial charge in [-0.3, -0.25) is 14.4 Å². The second kappa shape index (κ2) is 13.3. The van der Waals surface area contributed by atoms with Crippen molar-refractivity contribution in [2.45, 2.75) is 108 Å². The highest BCUT2D eigenvalue weighted by atomic mass is 79.9. The van der Waals surface area contributed by atoms with E-state index in [0.717, 1.165) is 19.3 Å². The number of amides is 3. The molecule has 41 heavy (non-hydrogen) atoms. The normalized spacial score (nSPS) is 29.0. The van der Waals surface area contributed by atoms with Crippen LogP contribution in [0.3, 0.4) is 0 Å². The molecule has 0 saturated carbocycles. The molecule has 0 aromatic rings. The van der Waals surface area contributed by atoms with Crippen molar-refractivity contribution in [2.75, 3.05) is 32.8 Å². The molecule has 3 saturated heterocycles. The van der Waals surface area contributed by atoms with Gasteiger partial charge in [0.15, 0.2) is 0 Å². The lowest BCUT2D eigenvalue weighted by molar-refractivity contribution is -0.153. The number of ether oxygens (including phenoxy) is 1. The zero-order valence-electron chi connectivity index (χ0n) is 26.0. The summed E-state index contributed by atoms with van der Waals surface area (Å²) in [5.41, 5.74) is -1.63. The molecule has 9 heteroatoms. The van der Waals surface area contributed by atoms with Crippen molar-refractivity contribution in [2.24, 2.45) is 17.3 Å². The van der Waals surface area contributed by atoms with Gasteiger partial charge < -0.3 is 24.5 Å². The molecule has 2 bridgehead atoms. The van der Waals surface area contributed by atoms with Gasteiger partial charge in [0, 0.05) is 43.2 Å². The molecule has 1 spiro atoms. The Bertz CT molecular complexity index is 994. The highest BCUT2D eigenvalue weighted by Gasteiger charge is 2.77. The average molecular weight is 639 g/mol. The first-order valence-electron chi connectivity index (χ1n) is 15.3. The largest absolute Gasteiger partial charge is 0.396 e. The Labute approximate surface area is 255 Å². The molecule has 3 aliphatic rings. The Morgan fingerprint density at radius 3 is 2.34 bits per heavy atom. The minimum atomic E-state index is -1.09. The van der Waals surface area contributed by atoms with Gasteiger partial charge in [-0.05, 0) is 57.8 Å². The lowest BCUT2D eigenvalue weighted by Crippen LogP contribution is -2.61. The molecule has 3 unspecified atom stereocenters. The first-order chi connectivity index (χ1) is 19.2. The van der Waals surface area contributed by atoms with Crippen LogP contribution in [0.4, 0.5) is 0 Å². The molecule has 8 nitrogen and oxygen atoms in total. The van der Waals surface area contributed by atoms with E-state index in [-0.39, 0.29) is 34.6 Å². The van der Waals surface area contributed by atoms with E-state index in [1.165, 1.54) is 0 Å². The van der Waals surface area contributed by atoms with E-state index in [0.29, 0.717) is 45.4 Å². The van der Waals surface area contributed by atoms with Crippen molar-refractivity contribution in [3.63, 3.8) is 0 Å². The molecule has 3 aliphatic heterocycles. The van der Waals surface area contributed by atoms with E-state index in [1.807, 2.05) is 11.8 Å². The van der Waals surface area contributed by atoms with E-state index >= 15 is 0 Å². The van der Waals surface area contributed by atoms with Crippen LogP contribution in [0, 0.1) is 17.3 Å². The minimum Gasteiger partial charge on any atom is -0.396 e. The van der Waals surface area contributed by atoms with Gasteiger partial charge in [-0.25, -0.2) is 0 Å². The van der Waals surface area contributed by atoms with Crippen LogP contribution in [0.2, 0.25) is 0 Å². The summed E-state index contributed by atoms with van der Waals surface area (Å²) >= 11 is 3.78. The maximum absolute atomic E-state index is 14.8. The lowest BCUT2D eigenvalue weighted by atomic mass is 9.70. The van der Waals surface area contributed by atoms with Crippen LogP contribution in [0.5, 0.6) is 0 Å². The number of likely N-dealkylation sites (tertiary alicyclic amines) is 1. The molecule has 3 heterocycles. The highest BCUT2D eigenvalue weighted by molar-refractivity contribution is 9.09. The number of carbonyl (C=O) groups excluding carboxylic acids is 3. The third kappa shape index (κ3) is 6.62. The second-order valence-electron chi connectivity index (χ2n) is 13.8. The Morgan fingerprint density at radius 2 is 1.78 bits per heavy atom. The van der Waals surface area contributed by atoms with Gasteiger partial charge in [0.25, 0.3) is 0 Å². The highest BCUT2D eigenvalue weighted by Crippen LogP contribution is 2.60. The van der Waals surface area contributed by atoms with Crippen molar-refractivity contribution >= 4 is 33.7 Å². The zero-order valence-corrected chi connectivity index (χ0v) is 27.6. The van der Waals surface area contributed by atoms with E-state index < -0.39 is 35.1 Å². The van der Waals surface area contributed by atoms with Crippen LogP contribution >= 0.6 is 15.9 Å². The number of aliphatic hydroxyl groups is 1. The number of hydrogen-bond acceptors (Lipinski definition) is 5. The van der Waals surface area contributed by atoms with E-state index in [1.54, 1.807) is 22.0 Å². The van der Waals surface area contributed by atoms with Crippen molar-refractivity contribution in [1.29, 1.82) is 0 Å². The van der Waals surface area contributed by atoms with Crippen LogP contribution in [0.15, 0.2) is 25.3 Å². The average Bonchev–Trinajstić information content (AvgIpc) is 3.46. The predicted molar refractivity (Wildman–Crippen MR) is 165 cm³/mol. The zero-order chi connectivity index (χ0) is 30.8. The molecule has 0 aromatic heterocycles. The lowest BCUT2D eigenvalue weighted by Gasteiger charge is -2.45. The van der Waals surface area contributed by atoms with E-state index in [9.17, 15) is 19.5 Å². The maximum Gasteiger partial charge on any atom is 0.249 e. The first-order valence-corrected chi connectivity index (χ1v) is 16.2. The molecule has 232 valence electrons. The number of fused-ring (bicyclic) bond motifs is 1. The van der Waals surface area contributed by atoms with E-state index in [2.05, 4.69) is 63.7 Å². The van der Waals surface area contributed by atoms with Gasteiger partial charge in [0.05, 0.1) is 17.9 Å². The minimum absolute atomic E-state index is 0.0336. The third-order valence-corrected chi connectivity index (χ3v) is 9.64. The summed E-state index contributed by atoms with van der Waals surface area (Å²) in [6, 6.07) is -0.838. The van der Waals surface area contributed by atoms with Crippen molar-refractivity contribution in [1.82, 2.24) is 14.7 Å². The molecule has 0 radical (unpaired) electrons. The third-order valence-electron chi connectivity index (χ3n) is 8.79. The molecule has 0 aromatic carbocycles. The Kier molecular flexibility index (Phi) is 11.0. The van der Waals surface area contributed by atoms with Crippen molar-refractivity contribution in [3.8, 4) is 0 Å². The summed E-state index contributed by atoms with van der Waals surface area (Å²) in [7, 11) is 0. The quantitative estimate of drug-likeness (QED) is 0.162. The van der Waals surface area contributed by atoms with Gasteiger partial charge in [0.1, 0.15) is 11.6 Å². The summed E-state index contributed by atoms with van der Waals surface area (Å²) in [4.78, 5) is 48.4. The topological polar surface area (TPSA) is 90.4 Å². The number of alkyl halides is 1. The van der Waals surface area contributed by atoms with Gasteiger partial charge in [0.2, 0.25) is 17.7 Å². The van der Waals surface area contributed by atoms with Gasteiger partial charge in [-0.1, -0.05) is 55.8 Å². The number of aliphatic hydroxyl groups excluding tert-OH is 1. The van der Waals surface area contributed by atoms with Gasteiger partial charge in [-0.15, -0.1) is 13.2 Å². The Hall–Kier alpha value is -1.71. The summed E-state index contributed by atoms with van der Waals surface area (Å²) in [6.45, 7) is 22.2. The number of hydrogen-bond donors (Lipinski definition) is 1. The van der Waals surface area contributed by atoms with E-state index in [4.69, 9.17) is 4.74 Å². The number of unbranched alkanes of at least 4 members (excludes halogenated alkanes) is 2. The smallest absolute Gasteiger partial charge is 0.249 e. The van der Waals surface area contributed by atoms with Crippen LogP contribution in [-0.4, -0.2) is 98.4 Å². The van der Waals surface area contributed by atoms with Crippen LogP contribution in [-0.2, 0) is 19.1 Å². The molecule has 6 atom stereocenters. The molecular weight excluding hydrogens is 586 g/mol. The van der Waals surface area contributed by atoms with Crippen LogP contribution in [0.1, 0.15) is 80.1 Å². The molecule has 0 aliphatic carbocycles. The second-order valence-corrected chi connectivity index (χ2v) is 15.0.